The van der Waals surface area contributed by atoms with Crippen LogP contribution in [0, 0.1) is 13.8 Å². The van der Waals surface area contributed by atoms with Gasteiger partial charge in [0.05, 0.1) is 13.7 Å². The summed E-state index contributed by atoms with van der Waals surface area (Å²) in [7, 11) is 1.71. The molecule has 0 bridgehead atoms. The Morgan fingerprint density at radius 1 is 1.19 bits per heavy atom. The Hall–Kier alpha value is -2.40. The van der Waals surface area contributed by atoms with E-state index in [4.69, 9.17) is 9.47 Å². The second-order valence-corrected chi connectivity index (χ2v) is 7.52. The number of benzene rings is 1. The van der Waals surface area contributed by atoms with Gasteiger partial charge in [-0.2, -0.15) is 0 Å². The van der Waals surface area contributed by atoms with E-state index in [1.54, 1.807) is 7.11 Å². The Morgan fingerprint density at radius 2 is 1.89 bits per heavy atom. The number of amides is 1. The van der Waals surface area contributed by atoms with Crippen molar-refractivity contribution in [2.75, 3.05) is 26.8 Å². The first-order chi connectivity index (χ1) is 13.0. The van der Waals surface area contributed by atoms with Crippen molar-refractivity contribution in [3.05, 3.63) is 58.4 Å². The fourth-order valence-corrected chi connectivity index (χ4v) is 4.51. The Kier molecular flexibility index (Phi) is 4.64. The summed E-state index contributed by atoms with van der Waals surface area (Å²) in [4.78, 5) is 19.3. The Labute approximate surface area is 160 Å². The summed E-state index contributed by atoms with van der Waals surface area (Å²) in [5.74, 6) is 0.974. The zero-order valence-corrected chi connectivity index (χ0v) is 16.2. The summed E-state index contributed by atoms with van der Waals surface area (Å²) in [5, 5.41) is 0. The summed E-state index contributed by atoms with van der Waals surface area (Å²) in [6.45, 7) is 5.92. The van der Waals surface area contributed by atoms with Crippen LogP contribution in [0.15, 0.2) is 30.3 Å². The van der Waals surface area contributed by atoms with Crippen molar-refractivity contribution < 1.29 is 14.3 Å². The van der Waals surface area contributed by atoms with Crippen LogP contribution in [0.5, 0.6) is 5.75 Å². The lowest BCUT2D eigenvalue weighted by Crippen LogP contribution is -2.48. The van der Waals surface area contributed by atoms with Gasteiger partial charge in [-0.1, -0.05) is 12.1 Å². The molecule has 2 aliphatic rings. The average Bonchev–Trinajstić information content (AvgIpc) is 2.67. The quantitative estimate of drug-likeness (QED) is 0.817. The van der Waals surface area contributed by atoms with E-state index in [-0.39, 0.29) is 11.5 Å². The highest BCUT2D eigenvalue weighted by molar-refractivity contribution is 5.94. The molecule has 1 amide bonds. The maximum Gasteiger partial charge on any atom is 0.253 e. The molecule has 0 atom stereocenters. The summed E-state index contributed by atoms with van der Waals surface area (Å²) < 4.78 is 12.0. The molecule has 1 aromatic carbocycles. The van der Waals surface area contributed by atoms with Crippen LogP contribution in [0.2, 0.25) is 0 Å². The standard InChI is InChI=1S/C22H26N2O3/c1-15-13-18(14-16(2)23-15)21(25)24-10-8-22(9-11-24)20-17(7-12-27-22)5-4-6-19(20)26-3/h4-6,13-14H,7-12H2,1-3H3. The van der Waals surface area contributed by atoms with Crippen LogP contribution < -0.4 is 4.74 Å². The first-order valence-electron chi connectivity index (χ1n) is 9.57. The minimum absolute atomic E-state index is 0.0782. The molecule has 2 aromatic rings. The molecule has 1 fully saturated rings. The van der Waals surface area contributed by atoms with Crippen molar-refractivity contribution >= 4 is 5.91 Å². The van der Waals surface area contributed by atoms with E-state index in [9.17, 15) is 4.79 Å². The Balaban J connectivity index is 1.57. The molecule has 2 aliphatic heterocycles. The van der Waals surface area contributed by atoms with Crippen molar-refractivity contribution in [2.45, 2.75) is 38.7 Å². The van der Waals surface area contributed by atoms with E-state index in [0.29, 0.717) is 13.1 Å². The topological polar surface area (TPSA) is 51.7 Å². The molecule has 5 heteroatoms. The number of hydrogen-bond donors (Lipinski definition) is 0. The molecule has 4 rings (SSSR count). The zero-order valence-electron chi connectivity index (χ0n) is 16.2. The van der Waals surface area contributed by atoms with Crippen molar-refractivity contribution in [1.82, 2.24) is 9.88 Å². The molecule has 5 nitrogen and oxygen atoms in total. The number of methoxy groups -OCH3 is 1. The zero-order chi connectivity index (χ0) is 19.0. The number of carbonyl (C=O) groups excluding carboxylic acids is 1. The highest BCUT2D eigenvalue weighted by Crippen LogP contribution is 2.45. The maximum atomic E-state index is 13.0. The van der Waals surface area contributed by atoms with Gasteiger partial charge in [0.15, 0.2) is 0 Å². The normalized spacial score (nSPS) is 18.3. The second-order valence-electron chi connectivity index (χ2n) is 7.52. The molecule has 1 aromatic heterocycles. The van der Waals surface area contributed by atoms with E-state index in [2.05, 4.69) is 11.1 Å². The van der Waals surface area contributed by atoms with Gasteiger partial charge in [-0.25, -0.2) is 0 Å². The number of aryl methyl sites for hydroxylation is 2. The van der Waals surface area contributed by atoms with E-state index in [0.717, 1.165) is 48.6 Å². The molecule has 27 heavy (non-hydrogen) atoms. The molecule has 1 spiro atoms. The third kappa shape index (κ3) is 3.21. The number of piperidine rings is 1. The van der Waals surface area contributed by atoms with Gasteiger partial charge in [-0.15, -0.1) is 0 Å². The van der Waals surface area contributed by atoms with Gasteiger partial charge in [-0.05, 0) is 56.9 Å². The number of fused-ring (bicyclic) bond motifs is 2. The molecule has 0 saturated carbocycles. The van der Waals surface area contributed by atoms with Gasteiger partial charge < -0.3 is 14.4 Å². The number of carbonyl (C=O) groups is 1. The molecule has 0 radical (unpaired) electrons. The summed E-state index contributed by atoms with van der Waals surface area (Å²) in [5.41, 5.74) is 4.61. The smallest absolute Gasteiger partial charge is 0.253 e. The molecule has 1 saturated heterocycles. The Bertz CT molecular complexity index is 835. The lowest BCUT2D eigenvalue weighted by atomic mass is 9.78. The highest BCUT2D eigenvalue weighted by Gasteiger charge is 2.43. The summed E-state index contributed by atoms with van der Waals surface area (Å²) >= 11 is 0. The van der Waals surface area contributed by atoms with Gasteiger partial charge in [0.25, 0.3) is 5.91 Å². The average molecular weight is 366 g/mol. The van der Waals surface area contributed by atoms with Crippen molar-refractivity contribution in [3.8, 4) is 5.75 Å². The molecule has 0 unspecified atom stereocenters. The van der Waals surface area contributed by atoms with Crippen molar-refractivity contribution in [1.29, 1.82) is 0 Å². The van der Waals surface area contributed by atoms with Crippen LogP contribution in [0.4, 0.5) is 0 Å². The van der Waals surface area contributed by atoms with Crippen molar-refractivity contribution in [2.24, 2.45) is 0 Å². The van der Waals surface area contributed by atoms with Gasteiger partial charge in [0.2, 0.25) is 0 Å². The number of rotatable bonds is 2. The fraction of sp³-hybridized carbons (Fsp3) is 0.455. The number of hydrogen-bond acceptors (Lipinski definition) is 4. The third-order valence-corrected chi connectivity index (χ3v) is 5.72. The second kappa shape index (κ2) is 6.97. The van der Waals surface area contributed by atoms with E-state index in [1.165, 1.54) is 11.1 Å². The molecule has 3 heterocycles. The van der Waals surface area contributed by atoms with Crippen LogP contribution >= 0.6 is 0 Å². The lowest BCUT2D eigenvalue weighted by molar-refractivity contribution is -0.0946. The van der Waals surface area contributed by atoms with Gasteiger partial charge >= 0.3 is 0 Å². The number of pyridine rings is 1. The van der Waals surface area contributed by atoms with Gasteiger partial charge in [0.1, 0.15) is 11.4 Å². The lowest BCUT2D eigenvalue weighted by Gasteiger charge is -2.45. The highest BCUT2D eigenvalue weighted by atomic mass is 16.5. The predicted octanol–water partition coefficient (Wildman–Crippen LogP) is 3.41. The predicted molar refractivity (Wildman–Crippen MR) is 103 cm³/mol. The van der Waals surface area contributed by atoms with Gasteiger partial charge in [0, 0.05) is 35.6 Å². The van der Waals surface area contributed by atoms with Crippen molar-refractivity contribution in [3.63, 3.8) is 0 Å². The van der Waals surface area contributed by atoms with Crippen LogP contribution in [0.3, 0.4) is 0 Å². The van der Waals surface area contributed by atoms with E-state index < -0.39 is 0 Å². The van der Waals surface area contributed by atoms with Crippen LogP contribution in [0.25, 0.3) is 0 Å². The van der Waals surface area contributed by atoms with Crippen LogP contribution in [-0.4, -0.2) is 42.6 Å². The molecular weight excluding hydrogens is 340 g/mol. The van der Waals surface area contributed by atoms with Crippen LogP contribution in [-0.2, 0) is 16.8 Å². The van der Waals surface area contributed by atoms with Gasteiger partial charge in [-0.3, -0.25) is 9.78 Å². The van der Waals surface area contributed by atoms with E-state index in [1.807, 2.05) is 43.0 Å². The SMILES string of the molecule is COc1cccc2c1C1(CCN(C(=O)c3cc(C)nc(C)c3)CC1)OCC2. The Morgan fingerprint density at radius 3 is 2.56 bits per heavy atom. The molecule has 0 aliphatic carbocycles. The first-order valence-corrected chi connectivity index (χ1v) is 9.57. The van der Waals surface area contributed by atoms with E-state index >= 15 is 0 Å². The number of nitrogens with zero attached hydrogens (tertiary/aromatic N) is 2. The number of ether oxygens (including phenoxy) is 2. The number of aromatic nitrogens is 1. The largest absolute Gasteiger partial charge is 0.496 e. The van der Waals surface area contributed by atoms with Crippen LogP contribution in [0.1, 0.15) is 45.7 Å². The number of likely N-dealkylation sites (tertiary alicyclic amines) is 1. The minimum Gasteiger partial charge on any atom is -0.496 e. The molecule has 142 valence electrons. The molecule has 0 N–H and O–H groups in total. The fourth-order valence-electron chi connectivity index (χ4n) is 4.51. The minimum atomic E-state index is -0.346. The monoisotopic (exact) mass is 366 g/mol. The maximum absolute atomic E-state index is 13.0. The summed E-state index contributed by atoms with van der Waals surface area (Å²) in [6, 6.07) is 9.96. The third-order valence-electron chi connectivity index (χ3n) is 5.72. The molecular formula is C22H26N2O3. The first kappa shape index (κ1) is 18.0. The summed E-state index contributed by atoms with van der Waals surface area (Å²) in [6.07, 6.45) is 2.48.